The molecular formula is C20H20N2O3S. The first-order valence-electron chi connectivity index (χ1n) is 8.70. The van der Waals surface area contributed by atoms with E-state index in [0.717, 1.165) is 24.2 Å². The molecule has 0 bridgehead atoms. The molecule has 0 unspecified atom stereocenters. The van der Waals surface area contributed by atoms with Crippen molar-refractivity contribution in [2.45, 2.75) is 23.8 Å². The molecule has 0 atom stereocenters. The van der Waals surface area contributed by atoms with Crippen LogP contribution < -0.4 is 0 Å². The Hall–Kier alpha value is -2.44. The van der Waals surface area contributed by atoms with Crippen molar-refractivity contribution in [1.82, 2.24) is 9.29 Å². The van der Waals surface area contributed by atoms with Crippen LogP contribution in [0.25, 0.3) is 11.3 Å². The highest BCUT2D eigenvalue weighted by Gasteiger charge is 2.31. The van der Waals surface area contributed by atoms with Crippen LogP contribution in [-0.2, 0) is 10.0 Å². The van der Waals surface area contributed by atoms with Crippen molar-refractivity contribution in [2.75, 3.05) is 13.1 Å². The maximum Gasteiger partial charge on any atom is 0.260 e. The Bertz CT molecular complexity index is 961. The lowest BCUT2D eigenvalue weighted by atomic mass is 9.96. The van der Waals surface area contributed by atoms with Gasteiger partial charge in [0.15, 0.2) is 5.03 Å². The summed E-state index contributed by atoms with van der Waals surface area (Å²) in [5.41, 5.74) is 1.57. The molecule has 1 aliphatic heterocycles. The van der Waals surface area contributed by atoms with Crippen LogP contribution in [-0.4, -0.2) is 30.8 Å². The highest BCUT2D eigenvalue weighted by molar-refractivity contribution is 7.89. The van der Waals surface area contributed by atoms with E-state index in [-0.39, 0.29) is 10.9 Å². The third-order valence-corrected chi connectivity index (χ3v) is 6.60. The molecule has 2 aromatic heterocycles. The molecule has 0 aliphatic carbocycles. The molecule has 4 rings (SSSR count). The fourth-order valence-corrected chi connectivity index (χ4v) is 4.79. The first-order valence-corrected chi connectivity index (χ1v) is 10.1. The number of piperidine rings is 1. The van der Waals surface area contributed by atoms with Gasteiger partial charge in [-0.1, -0.05) is 36.4 Å². The van der Waals surface area contributed by atoms with Crippen LogP contribution >= 0.6 is 0 Å². The standard InChI is InChI=1S/C20H20N2O3S/c23-26(24,22-13-11-17(12-14-22)19-9-5-15-25-19)20-10-4-8-18(21-20)16-6-2-1-3-7-16/h1-10,15,17H,11-14H2. The third kappa shape index (κ3) is 3.30. The summed E-state index contributed by atoms with van der Waals surface area (Å²) < 4.78 is 33.0. The third-order valence-electron chi connectivity index (χ3n) is 4.80. The number of nitrogens with zero attached hydrogens (tertiary/aromatic N) is 2. The highest BCUT2D eigenvalue weighted by Crippen LogP contribution is 2.31. The van der Waals surface area contributed by atoms with Crippen molar-refractivity contribution in [2.24, 2.45) is 0 Å². The van der Waals surface area contributed by atoms with Gasteiger partial charge in [0.2, 0.25) is 0 Å². The van der Waals surface area contributed by atoms with Crippen LogP contribution in [0.1, 0.15) is 24.5 Å². The molecular weight excluding hydrogens is 348 g/mol. The Morgan fingerprint density at radius 2 is 1.69 bits per heavy atom. The summed E-state index contributed by atoms with van der Waals surface area (Å²) in [7, 11) is -3.59. The number of rotatable bonds is 4. The van der Waals surface area contributed by atoms with E-state index in [2.05, 4.69) is 4.98 Å². The Morgan fingerprint density at radius 1 is 0.923 bits per heavy atom. The lowest BCUT2D eigenvalue weighted by Crippen LogP contribution is -2.38. The Balaban J connectivity index is 1.54. The van der Waals surface area contributed by atoms with E-state index in [1.54, 1.807) is 18.4 Å². The van der Waals surface area contributed by atoms with Crippen LogP contribution in [0.2, 0.25) is 0 Å². The van der Waals surface area contributed by atoms with Crippen LogP contribution in [0.5, 0.6) is 0 Å². The van der Waals surface area contributed by atoms with Gasteiger partial charge < -0.3 is 4.42 Å². The first kappa shape index (κ1) is 17.0. The SMILES string of the molecule is O=S(=O)(c1cccc(-c2ccccc2)n1)N1CCC(c2ccco2)CC1. The second kappa shape index (κ2) is 7.05. The first-order chi connectivity index (χ1) is 12.6. The van der Waals surface area contributed by atoms with Crippen molar-refractivity contribution in [3.63, 3.8) is 0 Å². The van der Waals surface area contributed by atoms with Crippen LogP contribution in [0.4, 0.5) is 0 Å². The average molecular weight is 368 g/mol. The topological polar surface area (TPSA) is 63.4 Å². The molecule has 0 radical (unpaired) electrons. The molecule has 1 aliphatic rings. The monoisotopic (exact) mass is 368 g/mol. The summed E-state index contributed by atoms with van der Waals surface area (Å²) in [6, 6.07) is 18.6. The molecule has 1 aromatic carbocycles. The van der Waals surface area contributed by atoms with Gasteiger partial charge in [0, 0.05) is 24.6 Å². The molecule has 3 aromatic rings. The van der Waals surface area contributed by atoms with Gasteiger partial charge in [0.1, 0.15) is 5.76 Å². The van der Waals surface area contributed by atoms with Gasteiger partial charge in [0.25, 0.3) is 10.0 Å². The zero-order valence-corrected chi connectivity index (χ0v) is 15.1. The average Bonchev–Trinajstić information content (AvgIpc) is 3.24. The number of sulfonamides is 1. The largest absolute Gasteiger partial charge is 0.469 e. The molecule has 1 saturated heterocycles. The van der Waals surface area contributed by atoms with Gasteiger partial charge in [-0.2, -0.15) is 4.31 Å². The van der Waals surface area contributed by atoms with E-state index >= 15 is 0 Å². The number of aromatic nitrogens is 1. The van der Waals surface area contributed by atoms with Gasteiger partial charge in [-0.05, 0) is 37.1 Å². The van der Waals surface area contributed by atoms with Crippen LogP contribution in [0, 0.1) is 0 Å². The minimum atomic E-state index is -3.59. The van der Waals surface area contributed by atoms with Crippen molar-refractivity contribution in [3.8, 4) is 11.3 Å². The van der Waals surface area contributed by atoms with E-state index in [9.17, 15) is 8.42 Å². The molecule has 134 valence electrons. The lowest BCUT2D eigenvalue weighted by molar-refractivity contribution is 0.295. The van der Waals surface area contributed by atoms with Gasteiger partial charge in [-0.3, -0.25) is 0 Å². The fourth-order valence-electron chi connectivity index (χ4n) is 3.36. The van der Waals surface area contributed by atoms with E-state index in [1.165, 1.54) is 4.31 Å². The Kier molecular flexibility index (Phi) is 4.61. The van der Waals surface area contributed by atoms with Gasteiger partial charge in [-0.25, -0.2) is 13.4 Å². The zero-order chi connectivity index (χ0) is 18.0. The maximum atomic E-state index is 13.0. The second-order valence-corrected chi connectivity index (χ2v) is 8.31. The minimum Gasteiger partial charge on any atom is -0.469 e. The highest BCUT2D eigenvalue weighted by atomic mass is 32.2. The van der Waals surface area contributed by atoms with Crippen LogP contribution in [0.3, 0.4) is 0 Å². The van der Waals surface area contributed by atoms with Crippen molar-refractivity contribution < 1.29 is 12.8 Å². The normalized spacial score (nSPS) is 16.6. The van der Waals surface area contributed by atoms with E-state index < -0.39 is 10.0 Å². The summed E-state index contributed by atoms with van der Waals surface area (Å²) in [6.07, 6.45) is 3.17. The Morgan fingerprint density at radius 3 is 2.38 bits per heavy atom. The molecule has 6 heteroatoms. The number of pyridine rings is 1. The molecule has 0 amide bonds. The van der Waals surface area contributed by atoms with E-state index in [1.807, 2.05) is 48.5 Å². The molecule has 26 heavy (non-hydrogen) atoms. The fraction of sp³-hybridized carbons (Fsp3) is 0.250. The predicted octanol–water partition coefficient (Wildman–Crippen LogP) is 3.91. The predicted molar refractivity (Wildman–Crippen MR) is 99.1 cm³/mol. The summed E-state index contributed by atoms with van der Waals surface area (Å²) in [5, 5.41) is 0.107. The van der Waals surface area contributed by atoms with Crippen molar-refractivity contribution in [1.29, 1.82) is 0 Å². The minimum absolute atomic E-state index is 0.107. The molecule has 3 heterocycles. The number of furan rings is 1. The van der Waals surface area contributed by atoms with Gasteiger partial charge in [0.05, 0.1) is 12.0 Å². The summed E-state index contributed by atoms with van der Waals surface area (Å²) >= 11 is 0. The molecule has 0 N–H and O–H groups in total. The van der Waals surface area contributed by atoms with Crippen LogP contribution in [0.15, 0.2) is 76.4 Å². The number of hydrogen-bond acceptors (Lipinski definition) is 4. The maximum absolute atomic E-state index is 13.0. The number of hydrogen-bond donors (Lipinski definition) is 0. The summed E-state index contributed by atoms with van der Waals surface area (Å²) in [5.74, 6) is 1.21. The molecule has 0 saturated carbocycles. The second-order valence-electron chi connectivity index (χ2n) is 6.42. The van der Waals surface area contributed by atoms with E-state index in [4.69, 9.17) is 4.42 Å². The lowest BCUT2D eigenvalue weighted by Gasteiger charge is -2.30. The number of benzene rings is 1. The summed E-state index contributed by atoms with van der Waals surface area (Å²) in [6.45, 7) is 0.954. The zero-order valence-electron chi connectivity index (χ0n) is 14.3. The quantitative estimate of drug-likeness (QED) is 0.700. The smallest absolute Gasteiger partial charge is 0.260 e. The van der Waals surface area contributed by atoms with Gasteiger partial charge >= 0.3 is 0 Å². The molecule has 0 spiro atoms. The van der Waals surface area contributed by atoms with Crippen molar-refractivity contribution >= 4 is 10.0 Å². The molecule has 1 fully saturated rings. The van der Waals surface area contributed by atoms with E-state index in [0.29, 0.717) is 18.8 Å². The Labute approximate surface area is 153 Å². The molecule has 5 nitrogen and oxygen atoms in total. The summed E-state index contributed by atoms with van der Waals surface area (Å²) in [4.78, 5) is 4.41. The van der Waals surface area contributed by atoms with Crippen molar-refractivity contribution in [3.05, 3.63) is 72.7 Å². The van der Waals surface area contributed by atoms with Gasteiger partial charge in [-0.15, -0.1) is 0 Å².